The Balaban J connectivity index is 1.63. The molecule has 1 fully saturated rings. The number of imide groups is 2. The Labute approximate surface area is 282 Å². The molecule has 6 nitrogen and oxygen atoms in total. The summed E-state index contributed by atoms with van der Waals surface area (Å²) in [5, 5.41) is 0. The van der Waals surface area contributed by atoms with Crippen molar-refractivity contribution < 1.29 is 19.2 Å². The number of carbonyl (C=O) groups is 4. The zero-order valence-corrected chi connectivity index (χ0v) is 30.0. The van der Waals surface area contributed by atoms with E-state index in [1.54, 1.807) is 0 Å². The Bertz CT molecular complexity index is 1530. The number of benzene rings is 2. The molecule has 0 radical (unpaired) electrons. The molecule has 3 unspecified atom stereocenters. The van der Waals surface area contributed by atoms with E-state index >= 15 is 0 Å². The second-order valence-corrected chi connectivity index (χ2v) is 14.1. The molecule has 2 aliphatic heterocycles. The summed E-state index contributed by atoms with van der Waals surface area (Å²) in [5.74, 6) is 0.376. The van der Waals surface area contributed by atoms with E-state index < -0.39 is 5.92 Å². The lowest BCUT2D eigenvalue weighted by molar-refractivity contribution is -0.122. The topological polar surface area (TPSA) is 74.8 Å². The average Bonchev–Trinajstić information content (AvgIpc) is 3.51. The van der Waals surface area contributed by atoms with E-state index in [2.05, 4.69) is 71.9 Å². The zero-order chi connectivity index (χ0) is 34.6. The average molecular weight is 639 g/mol. The van der Waals surface area contributed by atoms with Gasteiger partial charge in [0.1, 0.15) is 0 Å². The molecule has 0 bridgehead atoms. The van der Waals surface area contributed by atoms with Crippen LogP contribution in [0.1, 0.15) is 115 Å². The van der Waals surface area contributed by atoms with Crippen molar-refractivity contribution >= 4 is 35.0 Å². The van der Waals surface area contributed by atoms with Gasteiger partial charge in [-0.1, -0.05) is 91.3 Å². The number of aryl methyl sites for hydroxylation is 4. The number of amides is 4. The molecule has 252 valence electrons. The van der Waals surface area contributed by atoms with Crippen molar-refractivity contribution in [3.8, 4) is 0 Å². The summed E-state index contributed by atoms with van der Waals surface area (Å²) in [7, 11) is 0. The molecule has 2 aliphatic rings. The third-order valence-electron chi connectivity index (χ3n) is 9.74. The predicted octanol–water partition coefficient (Wildman–Crippen LogP) is 8.49. The summed E-state index contributed by atoms with van der Waals surface area (Å²) in [6.45, 7) is 19.3. The van der Waals surface area contributed by atoms with Crippen molar-refractivity contribution in [3.63, 3.8) is 0 Å². The SMILES string of the molecule is CCc1cc(Cc2cc(CC)c(N3C(=O)CC(/C(C)=C/C(C)CC(C)CC(C)C)C3=O)c(CC)c2)cc(CC)c1N1C(=O)C=CC1=O. The molecule has 0 spiro atoms. The molecule has 4 amide bonds. The number of allylic oxidation sites excluding steroid dienone is 1. The fraction of sp³-hybridized carbons (Fsp3) is 0.512. The lowest BCUT2D eigenvalue weighted by atomic mass is 9.87. The van der Waals surface area contributed by atoms with Crippen LogP contribution in [0.15, 0.2) is 48.1 Å². The minimum Gasteiger partial charge on any atom is -0.274 e. The largest absolute Gasteiger partial charge is 0.274 e. The standard InChI is InChI=1S/C41H54N2O4/c1-10-31-20-29(21-32(11-2)39(31)42-36(44)14-15-37(42)45)19-30-22-33(12-3)40(34(13-4)23-30)43-38(46)24-35(41(43)47)28(9)18-27(8)17-26(7)16-25(5)6/h14-15,18,20-23,25-27,35H,10-13,16-17,19,24H2,1-9H3/b28-18+. The molecule has 1 saturated heterocycles. The van der Waals surface area contributed by atoms with Crippen molar-refractivity contribution in [1.29, 1.82) is 0 Å². The van der Waals surface area contributed by atoms with E-state index in [0.717, 1.165) is 51.1 Å². The van der Waals surface area contributed by atoms with Crippen molar-refractivity contribution in [2.75, 3.05) is 9.80 Å². The van der Waals surface area contributed by atoms with Gasteiger partial charge in [0.25, 0.3) is 11.8 Å². The monoisotopic (exact) mass is 638 g/mol. The van der Waals surface area contributed by atoms with Gasteiger partial charge in [-0.3, -0.25) is 19.2 Å². The number of carbonyl (C=O) groups excluding carboxylic acids is 4. The highest BCUT2D eigenvalue weighted by molar-refractivity contribution is 6.28. The number of nitrogens with zero attached hydrogens (tertiary/aromatic N) is 2. The van der Waals surface area contributed by atoms with E-state index in [9.17, 15) is 19.2 Å². The highest BCUT2D eigenvalue weighted by Crippen LogP contribution is 2.38. The quantitative estimate of drug-likeness (QED) is 0.154. The van der Waals surface area contributed by atoms with Crippen molar-refractivity contribution in [2.45, 2.75) is 114 Å². The number of anilines is 2. The van der Waals surface area contributed by atoms with Gasteiger partial charge in [0.05, 0.1) is 17.3 Å². The predicted molar refractivity (Wildman–Crippen MR) is 192 cm³/mol. The van der Waals surface area contributed by atoms with Gasteiger partial charge in [0, 0.05) is 18.6 Å². The molecule has 47 heavy (non-hydrogen) atoms. The van der Waals surface area contributed by atoms with Crippen molar-refractivity contribution in [3.05, 3.63) is 81.4 Å². The van der Waals surface area contributed by atoms with Crippen LogP contribution in [0.25, 0.3) is 0 Å². The van der Waals surface area contributed by atoms with Crippen LogP contribution in [0.2, 0.25) is 0 Å². The summed E-state index contributed by atoms with van der Waals surface area (Å²) in [6, 6.07) is 8.50. The van der Waals surface area contributed by atoms with E-state index in [4.69, 9.17) is 0 Å². The lowest BCUT2D eigenvalue weighted by Crippen LogP contribution is -2.32. The molecule has 0 saturated carbocycles. The molecule has 2 aromatic carbocycles. The molecule has 2 aromatic rings. The Kier molecular flexibility index (Phi) is 11.8. The maximum atomic E-state index is 14.0. The molecular formula is C41H54N2O4. The van der Waals surface area contributed by atoms with Crippen LogP contribution in [0.4, 0.5) is 11.4 Å². The Morgan fingerprint density at radius 3 is 1.60 bits per heavy atom. The molecule has 4 rings (SSSR count). The van der Waals surface area contributed by atoms with Gasteiger partial charge in [-0.05, 0) is 103 Å². The van der Waals surface area contributed by atoms with Crippen LogP contribution in [0.5, 0.6) is 0 Å². The van der Waals surface area contributed by atoms with Crippen LogP contribution in [-0.2, 0) is 51.3 Å². The molecule has 3 atom stereocenters. The fourth-order valence-corrected chi connectivity index (χ4v) is 7.77. The van der Waals surface area contributed by atoms with Gasteiger partial charge in [0.15, 0.2) is 0 Å². The number of rotatable bonds is 14. The van der Waals surface area contributed by atoms with Gasteiger partial charge in [-0.2, -0.15) is 0 Å². The maximum Gasteiger partial charge on any atom is 0.258 e. The number of hydrogen-bond acceptors (Lipinski definition) is 4. The number of hydrogen-bond donors (Lipinski definition) is 0. The normalized spacial score (nSPS) is 18.3. The van der Waals surface area contributed by atoms with Crippen LogP contribution >= 0.6 is 0 Å². The second-order valence-electron chi connectivity index (χ2n) is 14.1. The highest BCUT2D eigenvalue weighted by atomic mass is 16.2. The lowest BCUT2D eigenvalue weighted by Gasteiger charge is -2.24. The smallest absolute Gasteiger partial charge is 0.258 e. The van der Waals surface area contributed by atoms with Crippen LogP contribution < -0.4 is 9.80 Å². The zero-order valence-electron chi connectivity index (χ0n) is 30.0. The summed E-state index contributed by atoms with van der Waals surface area (Å²) in [4.78, 5) is 55.4. The highest BCUT2D eigenvalue weighted by Gasteiger charge is 2.42. The van der Waals surface area contributed by atoms with Gasteiger partial charge in [-0.25, -0.2) is 9.80 Å². The Morgan fingerprint density at radius 2 is 1.17 bits per heavy atom. The summed E-state index contributed by atoms with van der Waals surface area (Å²) in [5.41, 5.74) is 8.64. The first-order valence-corrected chi connectivity index (χ1v) is 17.7. The van der Waals surface area contributed by atoms with Gasteiger partial charge in [0.2, 0.25) is 11.8 Å². The fourth-order valence-electron chi connectivity index (χ4n) is 7.77. The first-order chi connectivity index (χ1) is 22.3. The van der Waals surface area contributed by atoms with Crippen LogP contribution in [0.3, 0.4) is 0 Å². The Morgan fingerprint density at radius 1 is 0.723 bits per heavy atom. The summed E-state index contributed by atoms with van der Waals surface area (Å²) in [6.07, 6.45) is 10.8. The minimum atomic E-state index is -0.414. The van der Waals surface area contributed by atoms with Crippen LogP contribution in [-0.4, -0.2) is 23.6 Å². The molecule has 0 aliphatic carbocycles. The van der Waals surface area contributed by atoms with Crippen molar-refractivity contribution in [1.82, 2.24) is 0 Å². The molecule has 0 aromatic heterocycles. The van der Waals surface area contributed by atoms with Crippen LogP contribution in [0, 0.1) is 23.7 Å². The molecule has 2 heterocycles. The summed E-state index contributed by atoms with van der Waals surface area (Å²) < 4.78 is 0. The molecular weight excluding hydrogens is 584 g/mol. The van der Waals surface area contributed by atoms with E-state index in [1.807, 2.05) is 20.8 Å². The van der Waals surface area contributed by atoms with E-state index in [-0.39, 0.29) is 30.0 Å². The van der Waals surface area contributed by atoms with E-state index in [1.165, 1.54) is 28.4 Å². The van der Waals surface area contributed by atoms with E-state index in [0.29, 0.717) is 55.5 Å². The maximum absolute atomic E-state index is 14.0. The minimum absolute atomic E-state index is 0.111. The third-order valence-corrected chi connectivity index (χ3v) is 9.74. The first-order valence-electron chi connectivity index (χ1n) is 17.7. The Hall–Kier alpha value is -3.80. The van der Waals surface area contributed by atoms with Gasteiger partial charge in [-0.15, -0.1) is 0 Å². The molecule has 6 heteroatoms. The second kappa shape index (κ2) is 15.4. The third kappa shape index (κ3) is 7.85. The van der Waals surface area contributed by atoms with Gasteiger partial charge < -0.3 is 0 Å². The van der Waals surface area contributed by atoms with Gasteiger partial charge >= 0.3 is 0 Å². The summed E-state index contributed by atoms with van der Waals surface area (Å²) >= 11 is 0. The molecule has 0 N–H and O–H groups in total. The van der Waals surface area contributed by atoms with Crippen molar-refractivity contribution in [2.24, 2.45) is 23.7 Å². The first kappa shape index (κ1) is 36.0.